The maximum Gasteiger partial charge on any atom is 0.165 e. The molecule has 4 nitrogen and oxygen atoms in total. The van der Waals surface area contributed by atoms with E-state index in [0.29, 0.717) is 6.04 Å². The van der Waals surface area contributed by atoms with E-state index in [2.05, 4.69) is 53.2 Å². The first kappa shape index (κ1) is 16.0. The van der Waals surface area contributed by atoms with Crippen molar-refractivity contribution in [1.29, 1.82) is 0 Å². The van der Waals surface area contributed by atoms with E-state index in [9.17, 15) is 0 Å². The van der Waals surface area contributed by atoms with E-state index in [1.54, 1.807) is 6.20 Å². The van der Waals surface area contributed by atoms with Crippen LogP contribution >= 0.6 is 15.9 Å². The first-order chi connectivity index (χ1) is 10.1. The summed E-state index contributed by atoms with van der Waals surface area (Å²) < 4.78 is 8.79. The fraction of sp³-hybridized carbons (Fsp3) is 0.438. The van der Waals surface area contributed by atoms with Gasteiger partial charge < -0.3 is 10.1 Å². The van der Waals surface area contributed by atoms with Crippen LogP contribution in [0.1, 0.15) is 38.8 Å². The molecule has 1 atom stereocenters. The number of ether oxygens (including phenoxy) is 1. The Balaban J connectivity index is 2.08. The maximum atomic E-state index is 5.85. The first-order valence-electron chi connectivity index (χ1n) is 7.37. The Morgan fingerprint density at radius 3 is 2.81 bits per heavy atom. The number of hydrogen-bond donors (Lipinski definition) is 1. The molecule has 5 heteroatoms. The third kappa shape index (κ3) is 4.32. The number of aryl methyl sites for hydroxylation is 1. The van der Waals surface area contributed by atoms with Gasteiger partial charge >= 0.3 is 0 Å². The predicted molar refractivity (Wildman–Crippen MR) is 88.8 cm³/mol. The fourth-order valence-corrected chi connectivity index (χ4v) is 2.92. The number of hydrogen-bond acceptors (Lipinski definition) is 3. The normalized spacial score (nSPS) is 12.4. The van der Waals surface area contributed by atoms with Crippen LogP contribution in [0.25, 0.3) is 0 Å². The zero-order valence-corrected chi connectivity index (χ0v) is 14.4. The zero-order chi connectivity index (χ0) is 15.2. The summed E-state index contributed by atoms with van der Waals surface area (Å²) in [6.45, 7) is 8.24. The number of nitrogens with one attached hydrogen (secondary N) is 1. The highest BCUT2D eigenvalue weighted by atomic mass is 79.9. The molecule has 114 valence electrons. The lowest BCUT2D eigenvalue weighted by Crippen LogP contribution is -2.17. The molecule has 0 fully saturated rings. The summed E-state index contributed by atoms with van der Waals surface area (Å²) >= 11 is 3.62. The highest BCUT2D eigenvalue weighted by Gasteiger charge is 2.10. The highest BCUT2D eigenvalue weighted by molar-refractivity contribution is 9.10. The van der Waals surface area contributed by atoms with E-state index >= 15 is 0 Å². The van der Waals surface area contributed by atoms with Crippen molar-refractivity contribution in [3.05, 3.63) is 40.6 Å². The molecule has 1 heterocycles. The van der Waals surface area contributed by atoms with Gasteiger partial charge in [-0.25, -0.2) is 0 Å². The van der Waals surface area contributed by atoms with Crippen LogP contribution in [-0.4, -0.2) is 16.3 Å². The molecule has 1 unspecified atom stereocenters. The van der Waals surface area contributed by atoms with Crippen LogP contribution in [-0.2, 0) is 6.54 Å². The molecule has 0 spiro atoms. The number of benzene rings is 1. The predicted octanol–water partition coefficient (Wildman–Crippen LogP) is 4.52. The van der Waals surface area contributed by atoms with Crippen molar-refractivity contribution in [1.82, 2.24) is 15.1 Å². The SMILES string of the molecule is CCCn1cc(Oc2ccc(C(C)NCC)c(Br)c2)cn1. The Morgan fingerprint density at radius 2 is 2.14 bits per heavy atom. The van der Waals surface area contributed by atoms with Crippen LogP contribution in [0.2, 0.25) is 0 Å². The number of halogens is 1. The molecule has 0 saturated carbocycles. The van der Waals surface area contributed by atoms with Gasteiger partial charge in [0.25, 0.3) is 0 Å². The van der Waals surface area contributed by atoms with Crippen molar-refractivity contribution in [2.45, 2.75) is 39.8 Å². The number of rotatable bonds is 7. The second-order valence-corrected chi connectivity index (χ2v) is 5.86. The van der Waals surface area contributed by atoms with Crippen LogP contribution < -0.4 is 10.1 Å². The minimum absolute atomic E-state index is 0.311. The molecule has 1 aromatic carbocycles. The maximum absolute atomic E-state index is 5.85. The van der Waals surface area contributed by atoms with Crippen molar-refractivity contribution in [2.75, 3.05) is 6.54 Å². The molecule has 0 bridgehead atoms. The van der Waals surface area contributed by atoms with Crippen molar-refractivity contribution in [3.8, 4) is 11.5 Å². The lowest BCUT2D eigenvalue weighted by molar-refractivity contribution is 0.479. The zero-order valence-electron chi connectivity index (χ0n) is 12.8. The van der Waals surface area contributed by atoms with E-state index in [1.165, 1.54) is 5.56 Å². The van der Waals surface area contributed by atoms with Gasteiger partial charge in [0.15, 0.2) is 5.75 Å². The van der Waals surface area contributed by atoms with Gasteiger partial charge in [-0.15, -0.1) is 0 Å². The summed E-state index contributed by atoms with van der Waals surface area (Å²) in [5.41, 5.74) is 1.23. The Bertz CT molecular complexity index is 583. The summed E-state index contributed by atoms with van der Waals surface area (Å²) in [6, 6.07) is 6.39. The molecule has 0 aliphatic rings. The Morgan fingerprint density at radius 1 is 1.33 bits per heavy atom. The third-order valence-corrected chi connectivity index (χ3v) is 3.93. The molecular formula is C16H22BrN3O. The van der Waals surface area contributed by atoms with Crippen LogP contribution in [0.4, 0.5) is 0 Å². The van der Waals surface area contributed by atoms with Crippen LogP contribution in [0.15, 0.2) is 35.1 Å². The van der Waals surface area contributed by atoms with Gasteiger partial charge in [0.05, 0.1) is 12.4 Å². The lowest BCUT2D eigenvalue weighted by atomic mass is 10.1. The quantitative estimate of drug-likeness (QED) is 0.796. The number of aromatic nitrogens is 2. The minimum atomic E-state index is 0.311. The summed E-state index contributed by atoms with van der Waals surface area (Å²) in [7, 11) is 0. The van der Waals surface area contributed by atoms with Gasteiger partial charge in [0, 0.05) is 17.1 Å². The monoisotopic (exact) mass is 351 g/mol. The van der Waals surface area contributed by atoms with Crippen molar-refractivity contribution < 1.29 is 4.74 Å². The molecule has 0 aliphatic heterocycles. The average Bonchev–Trinajstić information content (AvgIpc) is 2.87. The summed E-state index contributed by atoms with van der Waals surface area (Å²) in [5, 5.41) is 7.67. The van der Waals surface area contributed by atoms with Crippen LogP contribution in [0.3, 0.4) is 0 Å². The van der Waals surface area contributed by atoms with Gasteiger partial charge in [-0.2, -0.15) is 5.10 Å². The molecule has 1 aromatic heterocycles. The molecular weight excluding hydrogens is 330 g/mol. The van der Waals surface area contributed by atoms with Crippen molar-refractivity contribution in [2.24, 2.45) is 0 Å². The van der Waals surface area contributed by atoms with E-state index in [0.717, 1.165) is 35.5 Å². The van der Waals surface area contributed by atoms with Crippen LogP contribution in [0, 0.1) is 0 Å². The summed E-state index contributed by atoms with van der Waals surface area (Å²) in [5.74, 6) is 1.58. The average molecular weight is 352 g/mol. The van der Waals surface area contributed by atoms with Gasteiger partial charge in [-0.3, -0.25) is 4.68 Å². The topological polar surface area (TPSA) is 39.1 Å². The molecule has 21 heavy (non-hydrogen) atoms. The fourth-order valence-electron chi connectivity index (χ4n) is 2.22. The minimum Gasteiger partial charge on any atom is -0.454 e. The molecule has 2 rings (SSSR count). The smallest absolute Gasteiger partial charge is 0.165 e. The second-order valence-electron chi connectivity index (χ2n) is 5.00. The van der Waals surface area contributed by atoms with E-state index in [1.807, 2.05) is 23.0 Å². The molecule has 2 aromatic rings. The molecule has 0 aliphatic carbocycles. The highest BCUT2D eigenvalue weighted by Crippen LogP contribution is 2.30. The van der Waals surface area contributed by atoms with Crippen LogP contribution in [0.5, 0.6) is 11.5 Å². The van der Waals surface area contributed by atoms with E-state index in [-0.39, 0.29) is 0 Å². The van der Waals surface area contributed by atoms with Crippen molar-refractivity contribution >= 4 is 15.9 Å². The second kappa shape index (κ2) is 7.61. The van der Waals surface area contributed by atoms with Gasteiger partial charge in [0.2, 0.25) is 0 Å². The molecule has 0 saturated heterocycles. The Hall–Kier alpha value is -1.33. The van der Waals surface area contributed by atoms with E-state index in [4.69, 9.17) is 4.74 Å². The Kier molecular flexibility index (Phi) is 5.82. The molecule has 0 radical (unpaired) electrons. The third-order valence-electron chi connectivity index (χ3n) is 3.25. The summed E-state index contributed by atoms with van der Waals surface area (Å²) in [6.07, 6.45) is 4.73. The first-order valence-corrected chi connectivity index (χ1v) is 8.16. The van der Waals surface area contributed by atoms with Crippen molar-refractivity contribution in [3.63, 3.8) is 0 Å². The largest absolute Gasteiger partial charge is 0.454 e. The summed E-state index contributed by atoms with van der Waals surface area (Å²) in [4.78, 5) is 0. The molecule has 0 amide bonds. The van der Waals surface area contributed by atoms with Gasteiger partial charge in [0.1, 0.15) is 5.75 Å². The van der Waals surface area contributed by atoms with Gasteiger partial charge in [-0.05, 0) is 37.6 Å². The van der Waals surface area contributed by atoms with Gasteiger partial charge in [-0.1, -0.05) is 35.8 Å². The lowest BCUT2D eigenvalue weighted by Gasteiger charge is -2.15. The molecule has 1 N–H and O–H groups in total. The number of nitrogens with zero attached hydrogens (tertiary/aromatic N) is 2. The van der Waals surface area contributed by atoms with E-state index < -0.39 is 0 Å². The Labute approximate surface area is 134 Å². The standard InChI is InChI=1S/C16H22BrN3O/c1-4-8-20-11-14(10-19-20)21-13-6-7-15(16(17)9-13)12(3)18-5-2/h6-7,9-12,18H,4-5,8H2,1-3H3.